The number of nitriles is 1. The maximum absolute atomic E-state index is 10.8. The molecule has 0 saturated heterocycles. The van der Waals surface area contributed by atoms with Gasteiger partial charge in [0, 0.05) is 19.1 Å². The van der Waals surface area contributed by atoms with Gasteiger partial charge in [-0.1, -0.05) is 11.6 Å². The number of hydrogen-bond acceptors (Lipinski definition) is 4. The van der Waals surface area contributed by atoms with E-state index in [-0.39, 0.29) is 16.3 Å². The summed E-state index contributed by atoms with van der Waals surface area (Å²) in [6, 6.07) is 4.69. The van der Waals surface area contributed by atoms with Crippen LogP contribution in [0, 0.1) is 11.3 Å². The third-order valence-electron chi connectivity index (χ3n) is 1.63. The zero-order valence-electron chi connectivity index (χ0n) is 8.20. The van der Waals surface area contributed by atoms with Crippen molar-refractivity contribution in [1.82, 2.24) is 0 Å². The van der Waals surface area contributed by atoms with Gasteiger partial charge in [-0.2, -0.15) is 5.26 Å². The van der Waals surface area contributed by atoms with Crippen molar-refractivity contribution < 1.29 is 14.3 Å². The lowest BCUT2D eigenvalue weighted by Crippen LogP contribution is -2.03. The van der Waals surface area contributed by atoms with Crippen LogP contribution in [0.25, 0.3) is 0 Å². The number of esters is 1. The lowest BCUT2D eigenvalue weighted by Gasteiger charge is -2.08. The first-order chi connectivity index (χ1) is 7.08. The summed E-state index contributed by atoms with van der Waals surface area (Å²) < 4.78 is 9.82. The molecule has 0 fully saturated rings. The van der Waals surface area contributed by atoms with Gasteiger partial charge in [0.2, 0.25) is 0 Å². The molecule has 15 heavy (non-hydrogen) atoms. The van der Waals surface area contributed by atoms with Crippen LogP contribution in [0.3, 0.4) is 0 Å². The van der Waals surface area contributed by atoms with Gasteiger partial charge in [-0.15, -0.1) is 0 Å². The Hall–Kier alpha value is -1.73. The Kier molecular flexibility index (Phi) is 3.53. The molecule has 0 spiro atoms. The maximum Gasteiger partial charge on any atom is 0.308 e. The molecule has 0 bridgehead atoms. The third kappa shape index (κ3) is 2.61. The Bertz CT molecular complexity index is 437. The van der Waals surface area contributed by atoms with E-state index in [4.69, 9.17) is 26.3 Å². The summed E-state index contributed by atoms with van der Waals surface area (Å²) in [5.74, 6) is 0.0224. The molecular formula is C10H8ClNO3. The summed E-state index contributed by atoms with van der Waals surface area (Å²) in [7, 11) is 1.41. The van der Waals surface area contributed by atoms with Crippen molar-refractivity contribution in [3.8, 4) is 17.6 Å². The van der Waals surface area contributed by atoms with E-state index < -0.39 is 5.97 Å². The second kappa shape index (κ2) is 4.67. The fourth-order valence-electron chi connectivity index (χ4n) is 1.01. The summed E-state index contributed by atoms with van der Waals surface area (Å²) in [5, 5.41) is 8.93. The van der Waals surface area contributed by atoms with E-state index >= 15 is 0 Å². The van der Waals surface area contributed by atoms with Crippen molar-refractivity contribution in [2.24, 2.45) is 0 Å². The fraction of sp³-hybridized carbons (Fsp3) is 0.200. The minimum atomic E-state index is -0.478. The standard InChI is InChI=1S/C10H8ClNO3/c1-6(13)15-10-4-8(11)7(5-12)3-9(10)14-2/h3-4H,1-2H3. The highest BCUT2D eigenvalue weighted by Gasteiger charge is 2.11. The number of carbonyl (C=O) groups is 1. The van der Waals surface area contributed by atoms with Crippen molar-refractivity contribution >= 4 is 17.6 Å². The minimum Gasteiger partial charge on any atom is -0.493 e. The van der Waals surface area contributed by atoms with E-state index in [1.807, 2.05) is 6.07 Å². The van der Waals surface area contributed by atoms with Gasteiger partial charge >= 0.3 is 5.97 Å². The van der Waals surface area contributed by atoms with Gasteiger partial charge in [0.15, 0.2) is 11.5 Å². The molecule has 0 aliphatic heterocycles. The highest BCUT2D eigenvalue weighted by molar-refractivity contribution is 6.32. The van der Waals surface area contributed by atoms with Crippen molar-refractivity contribution in [2.45, 2.75) is 6.92 Å². The second-order valence-electron chi connectivity index (χ2n) is 2.69. The first-order valence-electron chi connectivity index (χ1n) is 4.04. The number of carbonyl (C=O) groups excluding carboxylic acids is 1. The number of hydrogen-bond donors (Lipinski definition) is 0. The molecule has 78 valence electrons. The van der Waals surface area contributed by atoms with Crippen molar-refractivity contribution in [2.75, 3.05) is 7.11 Å². The molecule has 0 aliphatic rings. The van der Waals surface area contributed by atoms with Crippen LogP contribution in [0.2, 0.25) is 5.02 Å². The van der Waals surface area contributed by atoms with E-state index in [0.29, 0.717) is 5.75 Å². The van der Waals surface area contributed by atoms with E-state index in [0.717, 1.165) is 0 Å². The van der Waals surface area contributed by atoms with Gasteiger partial charge < -0.3 is 9.47 Å². The molecule has 5 heteroatoms. The summed E-state index contributed by atoms with van der Waals surface area (Å²) in [4.78, 5) is 10.8. The summed E-state index contributed by atoms with van der Waals surface area (Å²) in [6.07, 6.45) is 0. The maximum atomic E-state index is 10.8. The molecule has 0 aliphatic carbocycles. The van der Waals surface area contributed by atoms with Crippen molar-refractivity contribution in [1.29, 1.82) is 5.26 Å². The van der Waals surface area contributed by atoms with Crippen LogP contribution < -0.4 is 9.47 Å². The van der Waals surface area contributed by atoms with E-state index in [1.54, 1.807) is 0 Å². The number of ether oxygens (including phenoxy) is 2. The largest absolute Gasteiger partial charge is 0.493 e. The Balaban J connectivity index is 3.22. The topological polar surface area (TPSA) is 59.3 Å². The van der Waals surface area contributed by atoms with Gasteiger partial charge in [-0.25, -0.2) is 0 Å². The molecule has 4 nitrogen and oxygen atoms in total. The van der Waals surface area contributed by atoms with Crippen LogP contribution >= 0.6 is 11.6 Å². The SMILES string of the molecule is COc1cc(C#N)c(Cl)cc1OC(C)=O. The first-order valence-corrected chi connectivity index (χ1v) is 4.42. The lowest BCUT2D eigenvalue weighted by atomic mass is 10.2. The Labute approximate surface area is 92.0 Å². The van der Waals surface area contributed by atoms with Crippen LogP contribution in [0.1, 0.15) is 12.5 Å². The van der Waals surface area contributed by atoms with Gasteiger partial charge in [0.25, 0.3) is 0 Å². The van der Waals surface area contributed by atoms with Gasteiger partial charge in [0.05, 0.1) is 17.7 Å². The molecule has 0 atom stereocenters. The summed E-state index contributed by atoms with van der Waals surface area (Å²) >= 11 is 5.77. The number of halogens is 1. The van der Waals surface area contributed by atoms with Crippen LogP contribution in [0.15, 0.2) is 12.1 Å². The summed E-state index contributed by atoms with van der Waals surface area (Å²) in [5.41, 5.74) is 0.268. The predicted molar refractivity (Wildman–Crippen MR) is 54.0 cm³/mol. The zero-order valence-corrected chi connectivity index (χ0v) is 8.96. The molecule has 1 aromatic rings. The molecule has 0 heterocycles. The van der Waals surface area contributed by atoms with Gasteiger partial charge in [-0.3, -0.25) is 4.79 Å². The van der Waals surface area contributed by atoms with Gasteiger partial charge in [-0.05, 0) is 0 Å². The molecule has 0 saturated carbocycles. The molecule has 1 aromatic carbocycles. The number of benzene rings is 1. The lowest BCUT2D eigenvalue weighted by molar-refractivity contribution is -0.132. The van der Waals surface area contributed by atoms with Crippen molar-refractivity contribution in [3.63, 3.8) is 0 Å². The number of methoxy groups -OCH3 is 1. The second-order valence-corrected chi connectivity index (χ2v) is 3.10. The quantitative estimate of drug-likeness (QED) is 0.572. The minimum absolute atomic E-state index is 0.203. The van der Waals surface area contributed by atoms with Crippen LogP contribution in [0.4, 0.5) is 0 Å². The van der Waals surface area contributed by atoms with Crippen LogP contribution in [0.5, 0.6) is 11.5 Å². The monoisotopic (exact) mass is 225 g/mol. The molecule has 0 radical (unpaired) electrons. The third-order valence-corrected chi connectivity index (χ3v) is 1.94. The average Bonchev–Trinajstić information content (AvgIpc) is 2.17. The Morgan fingerprint density at radius 3 is 2.60 bits per heavy atom. The molecule has 0 amide bonds. The fourth-order valence-corrected chi connectivity index (χ4v) is 1.21. The molecule has 0 aromatic heterocycles. The smallest absolute Gasteiger partial charge is 0.308 e. The average molecular weight is 226 g/mol. The van der Waals surface area contributed by atoms with Crippen LogP contribution in [-0.4, -0.2) is 13.1 Å². The highest BCUT2D eigenvalue weighted by Crippen LogP contribution is 2.32. The first kappa shape index (κ1) is 11.3. The number of rotatable bonds is 2. The normalized spacial score (nSPS) is 9.20. The molecular weight excluding hydrogens is 218 g/mol. The summed E-state index contributed by atoms with van der Waals surface area (Å²) in [6.45, 7) is 1.27. The predicted octanol–water partition coefficient (Wildman–Crippen LogP) is 2.15. The highest BCUT2D eigenvalue weighted by atomic mass is 35.5. The van der Waals surface area contributed by atoms with E-state index in [1.165, 1.54) is 26.2 Å². The van der Waals surface area contributed by atoms with Crippen LogP contribution in [-0.2, 0) is 4.79 Å². The Morgan fingerprint density at radius 2 is 2.13 bits per heavy atom. The molecule has 0 N–H and O–H groups in total. The number of nitrogens with zero attached hydrogens (tertiary/aromatic N) is 1. The van der Waals surface area contributed by atoms with Crippen molar-refractivity contribution in [3.05, 3.63) is 22.7 Å². The van der Waals surface area contributed by atoms with Gasteiger partial charge in [0.1, 0.15) is 6.07 Å². The zero-order chi connectivity index (χ0) is 11.4. The van der Waals surface area contributed by atoms with E-state index in [2.05, 4.69) is 0 Å². The van der Waals surface area contributed by atoms with E-state index in [9.17, 15) is 4.79 Å². The molecule has 0 unspecified atom stereocenters. The molecule has 1 rings (SSSR count). The Morgan fingerprint density at radius 1 is 1.47 bits per heavy atom.